The number of halogens is 1. The number of rotatable bonds is 3. The van der Waals surface area contributed by atoms with Crippen LogP contribution in [-0.4, -0.2) is 55.6 Å². The van der Waals surface area contributed by atoms with Crippen LogP contribution in [0.15, 0.2) is 42.6 Å². The van der Waals surface area contributed by atoms with E-state index in [1.807, 2.05) is 6.07 Å². The number of likely N-dealkylation sites (N-methyl/N-ethyl adjacent to an activating group) is 1. The molecule has 0 bridgehead atoms. The molecular formula is C26H28FN5O. The van der Waals surface area contributed by atoms with Crippen molar-refractivity contribution in [3.63, 3.8) is 0 Å². The molecule has 33 heavy (non-hydrogen) atoms. The van der Waals surface area contributed by atoms with Crippen LogP contribution < -0.4 is 16.0 Å². The van der Waals surface area contributed by atoms with Gasteiger partial charge in [-0.25, -0.2) is 9.37 Å². The Bertz CT molecular complexity index is 1220. The lowest BCUT2D eigenvalue weighted by Crippen LogP contribution is -2.44. The summed E-state index contributed by atoms with van der Waals surface area (Å²) in [6.45, 7) is 6.37. The van der Waals surface area contributed by atoms with Gasteiger partial charge in [0, 0.05) is 72.4 Å². The summed E-state index contributed by atoms with van der Waals surface area (Å²) in [5.41, 5.74) is 11.8. The van der Waals surface area contributed by atoms with Crippen LogP contribution in [0.25, 0.3) is 22.3 Å². The highest BCUT2D eigenvalue weighted by molar-refractivity contribution is 5.98. The second kappa shape index (κ2) is 8.48. The third-order valence-electron chi connectivity index (χ3n) is 6.73. The van der Waals surface area contributed by atoms with Crippen molar-refractivity contribution in [2.24, 2.45) is 0 Å². The number of nitrogens with one attached hydrogen (secondary N) is 1. The van der Waals surface area contributed by atoms with Gasteiger partial charge in [0.05, 0.1) is 0 Å². The van der Waals surface area contributed by atoms with Crippen LogP contribution >= 0.6 is 0 Å². The predicted octanol–water partition coefficient (Wildman–Crippen LogP) is 3.48. The fraction of sp³-hybridized carbons (Fsp3) is 0.308. The Kier molecular flexibility index (Phi) is 5.50. The molecule has 0 saturated carbocycles. The zero-order valence-electron chi connectivity index (χ0n) is 19.0. The molecule has 1 aromatic heterocycles. The highest BCUT2D eigenvalue weighted by Gasteiger charge is 2.25. The van der Waals surface area contributed by atoms with Gasteiger partial charge >= 0.3 is 0 Å². The van der Waals surface area contributed by atoms with Gasteiger partial charge in [-0.2, -0.15) is 0 Å². The van der Waals surface area contributed by atoms with E-state index in [1.54, 1.807) is 19.2 Å². The van der Waals surface area contributed by atoms with Gasteiger partial charge in [-0.05, 0) is 55.8 Å². The standard InChI is InChI=1S/C26H28FN5O/c1-16-13-21-20(7-8-29-26(21)33)24(27)23(16)22-14-18(15-30-25(22)28)17-3-5-19(6-4-17)32-11-9-31(2)10-12-32/h3-6,13-15H,7-12H2,1-2H3,(H2,28,30)(H,29,33). The van der Waals surface area contributed by atoms with Crippen LogP contribution in [0.5, 0.6) is 0 Å². The summed E-state index contributed by atoms with van der Waals surface area (Å²) < 4.78 is 15.6. The summed E-state index contributed by atoms with van der Waals surface area (Å²) in [5.74, 6) is -0.337. The number of nitrogens with zero attached hydrogens (tertiary/aromatic N) is 3. The molecule has 2 aromatic carbocycles. The Morgan fingerprint density at radius 1 is 1.03 bits per heavy atom. The number of carbonyl (C=O) groups excluding carboxylic acids is 1. The minimum Gasteiger partial charge on any atom is -0.383 e. The molecule has 0 unspecified atom stereocenters. The van der Waals surface area contributed by atoms with E-state index in [4.69, 9.17) is 5.73 Å². The van der Waals surface area contributed by atoms with Gasteiger partial charge in [-0.1, -0.05) is 12.1 Å². The maximum absolute atomic E-state index is 15.6. The van der Waals surface area contributed by atoms with Gasteiger partial charge in [0.25, 0.3) is 5.91 Å². The minimum absolute atomic E-state index is 0.231. The van der Waals surface area contributed by atoms with Crippen molar-refractivity contribution >= 4 is 17.4 Å². The lowest BCUT2D eigenvalue weighted by molar-refractivity contribution is 0.0945. The number of fused-ring (bicyclic) bond motifs is 1. The smallest absolute Gasteiger partial charge is 0.251 e. The van der Waals surface area contributed by atoms with Gasteiger partial charge in [-0.3, -0.25) is 4.79 Å². The first kappa shape index (κ1) is 21.4. The highest BCUT2D eigenvalue weighted by Crippen LogP contribution is 2.37. The third-order valence-corrected chi connectivity index (χ3v) is 6.73. The molecule has 3 aromatic rings. The second-order valence-electron chi connectivity index (χ2n) is 8.91. The predicted molar refractivity (Wildman–Crippen MR) is 130 cm³/mol. The van der Waals surface area contributed by atoms with Crippen molar-refractivity contribution < 1.29 is 9.18 Å². The number of hydrogen-bond donors (Lipinski definition) is 2. The number of pyridine rings is 1. The van der Waals surface area contributed by atoms with Crippen LogP contribution in [-0.2, 0) is 6.42 Å². The molecule has 3 heterocycles. The summed E-state index contributed by atoms with van der Waals surface area (Å²) >= 11 is 0. The summed E-state index contributed by atoms with van der Waals surface area (Å²) in [5, 5.41) is 2.78. The van der Waals surface area contributed by atoms with Crippen molar-refractivity contribution in [1.82, 2.24) is 15.2 Å². The number of piperazine rings is 1. The van der Waals surface area contributed by atoms with Gasteiger partial charge < -0.3 is 20.9 Å². The molecule has 1 fully saturated rings. The van der Waals surface area contributed by atoms with Crippen LogP contribution in [0.2, 0.25) is 0 Å². The lowest BCUT2D eigenvalue weighted by atomic mass is 9.89. The first-order valence-corrected chi connectivity index (χ1v) is 11.3. The number of nitrogens with two attached hydrogens (primary N) is 1. The minimum atomic E-state index is -0.379. The molecule has 7 heteroatoms. The average molecular weight is 446 g/mol. The topological polar surface area (TPSA) is 74.5 Å². The Hall–Kier alpha value is -3.45. The molecule has 2 aliphatic heterocycles. The van der Waals surface area contributed by atoms with E-state index >= 15 is 4.39 Å². The van der Waals surface area contributed by atoms with Gasteiger partial charge in [-0.15, -0.1) is 0 Å². The van der Waals surface area contributed by atoms with E-state index < -0.39 is 0 Å². The molecule has 2 aliphatic rings. The van der Waals surface area contributed by atoms with Crippen molar-refractivity contribution in [3.05, 3.63) is 65.1 Å². The summed E-state index contributed by atoms with van der Waals surface area (Å²) in [4.78, 5) is 21.3. The molecule has 1 saturated heterocycles. The number of benzene rings is 2. The summed E-state index contributed by atoms with van der Waals surface area (Å²) in [6.07, 6.45) is 2.18. The molecular weight excluding hydrogens is 417 g/mol. The maximum Gasteiger partial charge on any atom is 0.251 e. The fourth-order valence-corrected chi connectivity index (χ4v) is 4.75. The van der Waals surface area contributed by atoms with Gasteiger partial charge in [0.1, 0.15) is 11.6 Å². The van der Waals surface area contributed by atoms with E-state index in [0.29, 0.717) is 40.8 Å². The zero-order chi connectivity index (χ0) is 23.1. The Balaban J connectivity index is 1.50. The number of aryl methyl sites for hydroxylation is 1. The van der Waals surface area contributed by atoms with Crippen LogP contribution in [0.1, 0.15) is 21.5 Å². The fourth-order valence-electron chi connectivity index (χ4n) is 4.75. The van der Waals surface area contributed by atoms with Crippen molar-refractivity contribution in [2.75, 3.05) is 50.4 Å². The van der Waals surface area contributed by atoms with E-state index in [1.165, 1.54) is 5.69 Å². The molecule has 1 amide bonds. The van der Waals surface area contributed by atoms with Crippen LogP contribution in [0.4, 0.5) is 15.9 Å². The summed E-state index contributed by atoms with van der Waals surface area (Å²) in [6, 6.07) is 12.0. The molecule has 5 rings (SSSR count). The van der Waals surface area contributed by atoms with E-state index in [-0.39, 0.29) is 17.5 Å². The Labute approximate surface area is 193 Å². The molecule has 0 aliphatic carbocycles. The third kappa shape index (κ3) is 3.93. The maximum atomic E-state index is 15.6. The Morgan fingerprint density at radius 2 is 1.76 bits per heavy atom. The second-order valence-corrected chi connectivity index (χ2v) is 8.91. The average Bonchev–Trinajstić information content (AvgIpc) is 2.82. The van der Waals surface area contributed by atoms with Crippen molar-refractivity contribution in [2.45, 2.75) is 13.3 Å². The first-order valence-electron chi connectivity index (χ1n) is 11.3. The molecule has 6 nitrogen and oxygen atoms in total. The molecule has 170 valence electrons. The molecule has 0 atom stereocenters. The van der Waals surface area contributed by atoms with Crippen molar-refractivity contribution in [3.8, 4) is 22.3 Å². The number of hydrogen-bond acceptors (Lipinski definition) is 5. The Morgan fingerprint density at radius 3 is 2.48 bits per heavy atom. The van der Waals surface area contributed by atoms with E-state index in [9.17, 15) is 4.79 Å². The highest BCUT2D eigenvalue weighted by atomic mass is 19.1. The monoisotopic (exact) mass is 445 g/mol. The summed E-state index contributed by atoms with van der Waals surface area (Å²) in [7, 11) is 2.15. The SMILES string of the molecule is Cc1cc2c(c(F)c1-c1cc(-c3ccc(N4CCN(C)CC4)cc3)cnc1N)CCNC2=O. The molecule has 0 spiro atoms. The number of amides is 1. The van der Waals surface area contributed by atoms with Gasteiger partial charge in [0.2, 0.25) is 0 Å². The largest absolute Gasteiger partial charge is 0.383 e. The van der Waals surface area contributed by atoms with E-state index in [2.05, 4.69) is 51.4 Å². The molecule has 3 N–H and O–H groups in total. The zero-order valence-corrected chi connectivity index (χ0v) is 19.0. The number of anilines is 2. The number of carbonyl (C=O) groups is 1. The van der Waals surface area contributed by atoms with Gasteiger partial charge in [0.15, 0.2) is 0 Å². The first-order chi connectivity index (χ1) is 15.9. The van der Waals surface area contributed by atoms with E-state index in [0.717, 1.165) is 37.3 Å². The number of aromatic nitrogens is 1. The lowest BCUT2D eigenvalue weighted by Gasteiger charge is -2.34. The van der Waals surface area contributed by atoms with Crippen LogP contribution in [0, 0.1) is 12.7 Å². The van der Waals surface area contributed by atoms with Crippen LogP contribution in [0.3, 0.4) is 0 Å². The quantitative estimate of drug-likeness (QED) is 0.646. The molecule has 0 radical (unpaired) electrons. The number of nitrogen functional groups attached to an aromatic ring is 1. The van der Waals surface area contributed by atoms with Crippen molar-refractivity contribution in [1.29, 1.82) is 0 Å². The normalized spacial score (nSPS) is 16.5.